The molecule has 3 atom stereocenters. The third-order valence-corrected chi connectivity index (χ3v) is 7.65. The summed E-state index contributed by atoms with van der Waals surface area (Å²) in [6.07, 6.45) is 6.78. The number of rotatable bonds is 5. The number of phenolic OH excluding ortho intramolecular Hbond substituents is 2. The minimum Gasteiger partial charge on any atom is -0.716 e. The molecule has 0 radical (unpaired) electrons. The predicted octanol–water partition coefficient (Wildman–Crippen LogP) is 1.09. The molecule has 1 aromatic rings. The minimum atomic E-state index is -5.19. The number of aldehydes is 1. The number of phenols is 2. The van der Waals surface area contributed by atoms with Crippen molar-refractivity contribution in [2.24, 2.45) is 22.7 Å². The van der Waals surface area contributed by atoms with Crippen LogP contribution in [0.5, 0.6) is 17.2 Å². The van der Waals surface area contributed by atoms with E-state index in [0.717, 1.165) is 25.7 Å². The van der Waals surface area contributed by atoms with Crippen LogP contribution < -0.4 is 33.7 Å². The van der Waals surface area contributed by atoms with Gasteiger partial charge in [-0.15, -0.1) is 0 Å². The van der Waals surface area contributed by atoms with Crippen LogP contribution in [-0.4, -0.2) is 29.5 Å². The first kappa shape index (κ1) is 26.2. The molecule has 0 saturated heterocycles. The maximum Gasteiger partial charge on any atom is 1.00 e. The summed E-state index contributed by atoms with van der Waals surface area (Å²) < 4.78 is 38.5. The molecule has 0 heterocycles. The first-order valence-electron chi connectivity index (χ1n) is 10.2. The van der Waals surface area contributed by atoms with E-state index in [-0.39, 0.29) is 70.5 Å². The molecule has 2 aliphatic carbocycles. The molecule has 1 fully saturated rings. The van der Waals surface area contributed by atoms with Crippen molar-refractivity contribution in [3.8, 4) is 17.2 Å². The van der Waals surface area contributed by atoms with Gasteiger partial charge in [0.25, 0.3) is 10.4 Å². The molecular weight excluding hydrogens is 431 g/mol. The fourth-order valence-electron chi connectivity index (χ4n) is 5.41. The Morgan fingerprint density at radius 1 is 1.29 bits per heavy atom. The monoisotopic (exact) mass is 460 g/mol. The van der Waals surface area contributed by atoms with Crippen molar-refractivity contribution < 1.29 is 61.7 Å². The first-order chi connectivity index (χ1) is 13.8. The molecular formula is C22H29NaO7S. The molecule has 1 saturated carbocycles. The Kier molecular flexibility index (Phi) is 7.65. The Morgan fingerprint density at radius 2 is 1.94 bits per heavy atom. The van der Waals surface area contributed by atoms with Gasteiger partial charge in [-0.1, -0.05) is 45.8 Å². The first-order valence-corrected chi connectivity index (χ1v) is 11.5. The van der Waals surface area contributed by atoms with Crippen LogP contribution in [0.4, 0.5) is 0 Å². The number of carbonyl (C=O) groups is 1. The van der Waals surface area contributed by atoms with Crippen LogP contribution >= 0.6 is 0 Å². The van der Waals surface area contributed by atoms with E-state index >= 15 is 0 Å². The normalized spacial score (nSPS) is 27.5. The van der Waals surface area contributed by atoms with Gasteiger partial charge in [0.1, 0.15) is 5.56 Å². The van der Waals surface area contributed by atoms with Gasteiger partial charge in [-0.25, -0.2) is 8.42 Å². The third kappa shape index (κ3) is 4.98. The van der Waals surface area contributed by atoms with Crippen LogP contribution in [0.1, 0.15) is 69.3 Å². The van der Waals surface area contributed by atoms with Crippen LogP contribution in [0.2, 0.25) is 0 Å². The Balaban J connectivity index is 0.00000341. The Labute approximate surface area is 206 Å². The Morgan fingerprint density at radius 3 is 2.52 bits per heavy atom. The van der Waals surface area contributed by atoms with E-state index in [1.807, 2.05) is 0 Å². The van der Waals surface area contributed by atoms with Crippen LogP contribution in [0, 0.1) is 22.7 Å². The van der Waals surface area contributed by atoms with Gasteiger partial charge in [-0.05, 0) is 54.4 Å². The maximum absolute atomic E-state index is 11.5. The van der Waals surface area contributed by atoms with Crippen LogP contribution in [-0.2, 0) is 16.8 Å². The minimum absolute atomic E-state index is 0. The van der Waals surface area contributed by atoms with Gasteiger partial charge in [0.2, 0.25) is 0 Å². The van der Waals surface area contributed by atoms with E-state index in [1.165, 1.54) is 11.6 Å². The summed E-state index contributed by atoms with van der Waals surface area (Å²) in [4.78, 5) is 11.5. The number of hydrogen-bond donors (Lipinski definition) is 2. The van der Waals surface area contributed by atoms with E-state index in [0.29, 0.717) is 0 Å². The van der Waals surface area contributed by atoms with E-state index in [1.54, 1.807) is 0 Å². The average molecular weight is 461 g/mol. The van der Waals surface area contributed by atoms with Gasteiger partial charge in [-0.3, -0.25) is 4.79 Å². The second kappa shape index (κ2) is 9.06. The molecule has 0 unspecified atom stereocenters. The summed E-state index contributed by atoms with van der Waals surface area (Å²) in [5, 5.41) is 20.1. The van der Waals surface area contributed by atoms with Gasteiger partial charge < -0.3 is 18.9 Å². The average Bonchev–Trinajstić information content (AvgIpc) is 2.62. The molecule has 0 amide bonds. The largest absolute Gasteiger partial charge is 1.00 e. The molecule has 166 valence electrons. The van der Waals surface area contributed by atoms with Crippen molar-refractivity contribution in [3.05, 3.63) is 28.8 Å². The SMILES string of the molecule is C[C@@H]1CC=C2[C@@H](CCCC2(C)C)[C@]1(C)Cc1cc(O)c(O)c(C=O)c1OS(=O)(=O)[O-].[Na+]. The predicted molar refractivity (Wildman–Crippen MR) is 110 cm³/mol. The van der Waals surface area contributed by atoms with Crippen LogP contribution in [0.15, 0.2) is 17.7 Å². The second-order valence-electron chi connectivity index (χ2n) is 9.56. The van der Waals surface area contributed by atoms with Gasteiger partial charge in [0, 0.05) is 5.56 Å². The van der Waals surface area contributed by atoms with Gasteiger partial charge in [0.15, 0.2) is 23.5 Å². The summed E-state index contributed by atoms with van der Waals surface area (Å²) in [7, 11) is -5.19. The third-order valence-electron chi connectivity index (χ3n) is 7.28. The fourth-order valence-corrected chi connectivity index (χ4v) is 5.81. The number of hydrogen-bond acceptors (Lipinski definition) is 7. The topological polar surface area (TPSA) is 124 Å². The molecule has 9 heteroatoms. The van der Waals surface area contributed by atoms with E-state index in [4.69, 9.17) is 0 Å². The zero-order valence-electron chi connectivity index (χ0n) is 18.8. The van der Waals surface area contributed by atoms with Crippen LogP contribution in [0.3, 0.4) is 0 Å². The Hall–Kier alpha value is -1.06. The summed E-state index contributed by atoms with van der Waals surface area (Å²) in [6, 6.07) is 1.19. The number of aromatic hydroxyl groups is 2. The van der Waals surface area contributed by atoms with Gasteiger partial charge in [-0.2, -0.15) is 0 Å². The van der Waals surface area contributed by atoms with Crippen molar-refractivity contribution in [2.45, 2.75) is 59.8 Å². The maximum atomic E-state index is 11.5. The van der Waals surface area contributed by atoms with Crippen molar-refractivity contribution in [1.82, 2.24) is 0 Å². The second-order valence-corrected chi connectivity index (χ2v) is 10.5. The van der Waals surface area contributed by atoms with Gasteiger partial charge in [0.05, 0.1) is 0 Å². The van der Waals surface area contributed by atoms with E-state index < -0.39 is 33.2 Å². The smallest absolute Gasteiger partial charge is 0.716 e. The summed E-state index contributed by atoms with van der Waals surface area (Å²) >= 11 is 0. The van der Waals surface area contributed by atoms with Crippen molar-refractivity contribution in [1.29, 1.82) is 0 Å². The molecule has 2 N–H and O–H groups in total. The molecule has 0 aromatic heterocycles. The molecule has 0 aliphatic heterocycles. The molecule has 7 nitrogen and oxygen atoms in total. The zero-order chi connectivity index (χ0) is 22.5. The summed E-state index contributed by atoms with van der Waals surface area (Å²) in [5.41, 5.74) is 0.789. The molecule has 2 aliphatic rings. The van der Waals surface area contributed by atoms with Crippen molar-refractivity contribution in [3.63, 3.8) is 0 Å². The zero-order valence-corrected chi connectivity index (χ0v) is 21.6. The quantitative estimate of drug-likeness (QED) is 0.168. The van der Waals surface area contributed by atoms with Gasteiger partial charge >= 0.3 is 29.6 Å². The standard InChI is InChI=1S/C22H30O7S.Na/c1-13-7-8-16-17(6-5-9-21(16,2)3)22(13,4)11-14-10-18(24)19(25)15(12-23)20(14)29-30(26,27)28;/h8,10,12-13,17,24-25H,5-7,9,11H2,1-4H3,(H,26,27,28);/q;+1/p-1/t13-,17-,22-;/m1./s1. The number of allylic oxidation sites excluding steroid dienone is 2. The van der Waals surface area contributed by atoms with Crippen molar-refractivity contribution >= 4 is 16.7 Å². The van der Waals surface area contributed by atoms with E-state index in [2.05, 4.69) is 38.0 Å². The fraction of sp³-hybridized carbons (Fsp3) is 0.591. The van der Waals surface area contributed by atoms with Crippen LogP contribution in [0.25, 0.3) is 0 Å². The number of benzene rings is 1. The molecule has 1 aromatic carbocycles. The molecule has 0 spiro atoms. The summed E-state index contributed by atoms with van der Waals surface area (Å²) in [6.45, 7) is 8.71. The van der Waals surface area contributed by atoms with E-state index in [9.17, 15) is 28.0 Å². The molecule has 0 bridgehead atoms. The number of carbonyl (C=O) groups excluding carboxylic acids is 1. The number of fused-ring (bicyclic) bond motifs is 1. The molecule has 3 rings (SSSR count). The summed E-state index contributed by atoms with van der Waals surface area (Å²) in [5.74, 6) is -1.41. The Bertz CT molecular complexity index is 1000. The molecule has 31 heavy (non-hydrogen) atoms. The van der Waals surface area contributed by atoms with Crippen molar-refractivity contribution in [2.75, 3.05) is 0 Å².